The standard InChI is InChI=1S/C10H12N2O4.CHF3O3S/c1-12(2,3)7-4-5-9(11(15)16)8(6-7)10(13)14;2-1(3,4)8(5,6)7/h4-6H,1-3H3;(H,5,6,7). The van der Waals surface area contributed by atoms with Crippen molar-refractivity contribution in [2.75, 3.05) is 21.1 Å². The van der Waals surface area contributed by atoms with Gasteiger partial charge >= 0.3 is 11.5 Å². The highest BCUT2D eigenvalue weighted by atomic mass is 32.2. The van der Waals surface area contributed by atoms with Crippen molar-refractivity contribution < 1.29 is 41.0 Å². The zero-order valence-corrected chi connectivity index (χ0v) is 13.4. The molecule has 1 N–H and O–H groups in total. The maximum Gasteiger partial charge on any atom is 0.485 e. The van der Waals surface area contributed by atoms with Gasteiger partial charge in [-0.15, -0.1) is 0 Å². The van der Waals surface area contributed by atoms with E-state index in [1.54, 1.807) is 6.07 Å². The zero-order chi connectivity index (χ0) is 19.5. The van der Waals surface area contributed by atoms with Crippen molar-refractivity contribution in [3.05, 3.63) is 33.9 Å². The molecule has 0 bridgehead atoms. The largest absolute Gasteiger partial charge is 0.741 e. The van der Waals surface area contributed by atoms with Crippen LogP contribution in [0.25, 0.3) is 0 Å². The second-order valence-electron chi connectivity index (χ2n) is 5.18. The maximum absolute atomic E-state index is 10.9. The third kappa shape index (κ3) is 6.10. The lowest BCUT2D eigenvalue weighted by Crippen LogP contribution is -2.34. The second kappa shape index (κ2) is 7.11. The molecule has 1 aromatic rings. The first-order valence-corrected chi connectivity index (χ1v) is 7.25. The number of nitro benzene ring substituents is 1. The highest BCUT2D eigenvalue weighted by Crippen LogP contribution is 2.26. The SMILES string of the molecule is C[N+](C)(C)c1ccc([N+](=O)[O-])c(C(=O)O)c1.O=S(=O)([O-])C(F)(F)F. The van der Waals surface area contributed by atoms with Gasteiger partial charge in [-0.25, -0.2) is 13.2 Å². The first-order valence-electron chi connectivity index (χ1n) is 5.84. The summed E-state index contributed by atoms with van der Waals surface area (Å²) in [6.45, 7) is 0. The Balaban J connectivity index is 0.000000561. The minimum absolute atomic E-state index is 0.282. The van der Waals surface area contributed by atoms with Gasteiger partial charge in [-0.1, -0.05) is 0 Å². The van der Waals surface area contributed by atoms with E-state index < -0.39 is 26.5 Å². The van der Waals surface area contributed by atoms with Gasteiger partial charge in [0.25, 0.3) is 5.69 Å². The number of nitro groups is 1. The van der Waals surface area contributed by atoms with Crippen LogP contribution in [0, 0.1) is 10.1 Å². The lowest BCUT2D eigenvalue weighted by molar-refractivity contribution is -0.385. The van der Waals surface area contributed by atoms with Crippen LogP contribution in [0.4, 0.5) is 24.5 Å². The Hall–Kier alpha value is -2.25. The highest BCUT2D eigenvalue weighted by molar-refractivity contribution is 7.86. The number of hydrogen-bond donors (Lipinski definition) is 1. The number of benzene rings is 1. The molecule has 24 heavy (non-hydrogen) atoms. The molecule has 0 saturated heterocycles. The van der Waals surface area contributed by atoms with Gasteiger partial charge in [0.15, 0.2) is 10.1 Å². The Bertz CT molecular complexity index is 739. The fourth-order valence-electron chi connectivity index (χ4n) is 1.27. The Morgan fingerprint density at radius 1 is 1.25 bits per heavy atom. The monoisotopic (exact) mass is 374 g/mol. The minimum Gasteiger partial charge on any atom is -0.741 e. The van der Waals surface area contributed by atoms with Gasteiger partial charge in [0, 0.05) is 18.2 Å². The number of alkyl halides is 3. The van der Waals surface area contributed by atoms with Crippen LogP contribution in [0.2, 0.25) is 0 Å². The number of carbonyl (C=O) groups is 1. The maximum atomic E-state index is 10.9. The number of hydrogen-bond acceptors (Lipinski definition) is 6. The molecule has 0 aliphatic carbocycles. The van der Waals surface area contributed by atoms with Crippen LogP contribution in [-0.2, 0) is 10.1 Å². The van der Waals surface area contributed by atoms with Crippen molar-refractivity contribution >= 4 is 27.5 Å². The van der Waals surface area contributed by atoms with E-state index in [1.807, 2.05) is 21.1 Å². The van der Waals surface area contributed by atoms with Gasteiger partial charge in [-0.2, -0.15) is 13.2 Å². The van der Waals surface area contributed by atoms with Gasteiger partial charge in [0.05, 0.1) is 26.1 Å². The van der Waals surface area contributed by atoms with Crippen LogP contribution in [0.15, 0.2) is 18.2 Å². The molecule has 0 aromatic heterocycles. The van der Waals surface area contributed by atoms with E-state index in [-0.39, 0.29) is 11.3 Å². The van der Waals surface area contributed by atoms with Gasteiger partial charge < -0.3 is 9.66 Å². The van der Waals surface area contributed by atoms with Crippen LogP contribution in [0.5, 0.6) is 0 Å². The van der Waals surface area contributed by atoms with Gasteiger partial charge in [-0.05, 0) is 0 Å². The Morgan fingerprint density at radius 2 is 1.67 bits per heavy atom. The molecule has 0 heterocycles. The van der Waals surface area contributed by atoms with Crippen LogP contribution in [0.3, 0.4) is 0 Å². The summed E-state index contributed by atoms with van der Waals surface area (Å²) < 4.78 is 59.3. The molecule has 1 aromatic carbocycles. The quantitative estimate of drug-likeness (QED) is 0.278. The highest BCUT2D eigenvalue weighted by Gasteiger charge is 2.36. The summed E-state index contributed by atoms with van der Waals surface area (Å²) >= 11 is 0. The molecule has 0 aliphatic heterocycles. The summed E-state index contributed by atoms with van der Waals surface area (Å²) in [4.78, 5) is 20.8. The van der Waals surface area contributed by atoms with Crippen molar-refractivity contribution in [3.63, 3.8) is 0 Å². The normalized spacial score (nSPS) is 12.1. The molecule has 9 nitrogen and oxygen atoms in total. The van der Waals surface area contributed by atoms with Gasteiger partial charge in [0.2, 0.25) is 0 Å². The van der Waals surface area contributed by atoms with Crippen molar-refractivity contribution in [1.29, 1.82) is 0 Å². The van der Waals surface area contributed by atoms with E-state index in [1.165, 1.54) is 12.1 Å². The molecule has 0 spiro atoms. The van der Waals surface area contributed by atoms with Crippen molar-refractivity contribution in [2.45, 2.75) is 5.51 Å². The second-order valence-corrected chi connectivity index (χ2v) is 6.55. The molecule has 0 fully saturated rings. The summed E-state index contributed by atoms with van der Waals surface area (Å²) in [7, 11) is -0.528. The third-order valence-electron chi connectivity index (χ3n) is 2.47. The van der Waals surface area contributed by atoms with Crippen LogP contribution in [-0.4, -0.2) is 55.6 Å². The summed E-state index contributed by atoms with van der Waals surface area (Å²) in [5.41, 5.74) is -5.62. The van der Waals surface area contributed by atoms with Crippen LogP contribution < -0.4 is 4.48 Å². The molecular weight excluding hydrogens is 361 g/mol. The van der Waals surface area contributed by atoms with Crippen molar-refractivity contribution in [3.8, 4) is 0 Å². The molecule has 0 aliphatic rings. The summed E-state index contributed by atoms with van der Waals surface area (Å²) in [6.07, 6.45) is 0. The van der Waals surface area contributed by atoms with Crippen LogP contribution >= 0.6 is 0 Å². The molecule has 136 valence electrons. The van der Waals surface area contributed by atoms with E-state index >= 15 is 0 Å². The Kier molecular flexibility index (Phi) is 6.44. The van der Waals surface area contributed by atoms with Crippen molar-refractivity contribution in [1.82, 2.24) is 4.48 Å². The number of quaternary nitrogens is 1. The number of carboxylic acids is 1. The molecule has 0 unspecified atom stereocenters. The first kappa shape index (κ1) is 21.8. The minimum atomic E-state index is -6.09. The summed E-state index contributed by atoms with van der Waals surface area (Å²) in [5.74, 6) is -1.29. The summed E-state index contributed by atoms with van der Waals surface area (Å²) in [6, 6.07) is 4.12. The third-order valence-corrected chi connectivity index (χ3v) is 3.03. The smallest absolute Gasteiger partial charge is 0.485 e. The molecule has 13 heteroatoms. The number of aromatic carboxylic acids is 1. The first-order chi connectivity index (χ1) is 10.5. The predicted molar refractivity (Wildman–Crippen MR) is 75.4 cm³/mol. The number of carboxylic acid groups (broad SMARTS) is 1. The van der Waals surface area contributed by atoms with Crippen molar-refractivity contribution in [2.24, 2.45) is 0 Å². The Morgan fingerprint density at radius 3 is 1.92 bits per heavy atom. The van der Waals surface area contributed by atoms with E-state index in [0.29, 0.717) is 10.2 Å². The van der Waals surface area contributed by atoms with Crippen LogP contribution in [0.1, 0.15) is 10.4 Å². The molecular formula is C11H13F3N2O7S. The molecule has 0 saturated carbocycles. The number of nitrogens with zero attached hydrogens (tertiary/aromatic N) is 2. The van der Waals surface area contributed by atoms with Gasteiger partial charge in [-0.3, -0.25) is 14.6 Å². The summed E-state index contributed by atoms with van der Waals surface area (Å²) in [5, 5.41) is 19.5. The number of halogens is 3. The van der Waals surface area contributed by atoms with E-state index in [4.69, 9.17) is 18.1 Å². The van der Waals surface area contributed by atoms with E-state index in [9.17, 15) is 28.1 Å². The molecule has 0 atom stereocenters. The zero-order valence-electron chi connectivity index (χ0n) is 12.6. The molecule has 1 rings (SSSR count). The average Bonchev–Trinajstić information content (AvgIpc) is 2.35. The lowest BCUT2D eigenvalue weighted by Gasteiger charge is -2.23. The molecule has 0 amide bonds. The predicted octanol–water partition coefficient (Wildman–Crippen LogP) is 1.54. The fraction of sp³-hybridized carbons (Fsp3) is 0.364. The van der Waals surface area contributed by atoms with E-state index in [2.05, 4.69) is 0 Å². The fourth-order valence-corrected chi connectivity index (χ4v) is 1.27. The molecule has 0 radical (unpaired) electrons. The Labute approximate surface area is 134 Å². The lowest BCUT2D eigenvalue weighted by atomic mass is 10.1. The van der Waals surface area contributed by atoms with Gasteiger partial charge in [0.1, 0.15) is 11.3 Å². The average molecular weight is 374 g/mol. The number of rotatable bonds is 3. The van der Waals surface area contributed by atoms with E-state index in [0.717, 1.165) is 0 Å². The topological polar surface area (TPSA) is 138 Å².